The van der Waals surface area contributed by atoms with Crippen LogP contribution in [0.4, 0.5) is 4.39 Å². The van der Waals surface area contributed by atoms with E-state index in [2.05, 4.69) is 6.92 Å². The zero-order valence-electron chi connectivity index (χ0n) is 12.1. The highest BCUT2D eigenvalue weighted by molar-refractivity contribution is 5.46. The highest BCUT2D eigenvalue weighted by atomic mass is 19.1. The van der Waals surface area contributed by atoms with Crippen molar-refractivity contribution in [3.63, 3.8) is 0 Å². The Morgan fingerprint density at radius 2 is 1.95 bits per heavy atom. The van der Waals surface area contributed by atoms with Crippen molar-refractivity contribution in [1.82, 2.24) is 0 Å². The summed E-state index contributed by atoms with van der Waals surface area (Å²) < 4.78 is 19.4. The molecule has 0 spiro atoms. The maximum atomic E-state index is 13.8. The van der Waals surface area contributed by atoms with E-state index in [1.165, 1.54) is 6.07 Å². The number of halogens is 1. The fourth-order valence-electron chi connectivity index (χ4n) is 2.99. The molecule has 2 nitrogen and oxygen atoms in total. The van der Waals surface area contributed by atoms with E-state index >= 15 is 0 Å². The minimum absolute atomic E-state index is 0.230. The summed E-state index contributed by atoms with van der Waals surface area (Å²) >= 11 is 0. The van der Waals surface area contributed by atoms with Crippen molar-refractivity contribution in [2.75, 3.05) is 6.61 Å². The molecule has 1 aliphatic rings. The van der Waals surface area contributed by atoms with Gasteiger partial charge in [-0.1, -0.05) is 31.2 Å². The predicted octanol–water partition coefficient (Wildman–Crippen LogP) is 3.80. The van der Waals surface area contributed by atoms with Gasteiger partial charge in [0.1, 0.15) is 17.2 Å². The maximum absolute atomic E-state index is 13.8. The molecule has 1 unspecified atom stereocenters. The summed E-state index contributed by atoms with van der Waals surface area (Å²) in [7, 11) is 0. The quantitative estimate of drug-likeness (QED) is 0.926. The molecule has 3 heteroatoms. The molecule has 0 aliphatic heterocycles. The van der Waals surface area contributed by atoms with Crippen LogP contribution < -0.4 is 4.74 Å². The van der Waals surface area contributed by atoms with Crippen molar-refractivity contribution in [2.45, 2.75) is 31.8 Å². The maximum Gasteiger partial charge on any atom is 0.126 e. The summed E-state index contributed by atoms with van der Waals surface area (Å²) in [5.41, 5.74) is 1.01. The lowest BCUT2D eigenvalue weighted by molar-refractivity contribution is 0.0828. The highest BCUT2D eigenvalue weighted by Crippen LogP contribution is 2.43. The van der Waals surface area contributed by atoms with Gasteiger partial charge in [-0.15, -0.1) is 0 Å². The molecule has 0 fully saturated rings. The Hall–Kier alpha value is -1.87. The largest absolute Gasteiger partial charge is 0.494 e. The van der Waals surface area contributed by atoms with Gasteiger partial charge in [0.25, 0.3) is 0 Å². The average molecular weight is 286 g/mol. The van der Waals surface area contributed by atoms with Gasteiger partial charge in [0.15, 0.2) is 0 Å². The molecule has 0 aromatic heterocycles. The molecule has 0 radical (unpaired) electrons. The second kappa shape index (κ2) is 5.49. The van der Waals surface area contributed by atoms with Gasteiger partial charge in [0.2, 0.25) is 0 Å². The third kappa shape index (κ3) is 2.42. The van der Waals surface area contributed by atoms with E-state index in [0.29, 0.717) is 30.6 Å². The van der Waals surface area contributed by atoms with Crippen LogP contribution in [0.5, 0.6) is 5.75 Å². The molecule has 3 rings (SSSR count). The summed E-state index contributed by atoms with van der Waals surface area (Å²) in [6.07, 6.45) is 2.03. The van der Waals surface area contributed by atoms with Crippen LogP contribution in [0, 0.1) is 5.82 Å². The average Bonchev–Trinajstić information content (AvgIpc) is 2.86. The van der Waals surface area contributed by atoms with Crippen LogP contribution in [0.1, 0.15) is 36.5 Å². The smallest absolute Gasteiger partial charge is 0.126 e. The Balaban J connectivity index is 1.93. The first kappa shape index (κ1) is 14.1. The number of fused-ring (bicyclic) bond motifs is 1. The molecule has 1 N–H and O–H groups in total. The summed E-state index contributed by atoms with van der Waals surface area (Å²) in [5, 5.41) is 11.0. The van der Waals surface area contributed by atoms with Crippen molar-refractivity contribution in [1.29, 1.82) is 0 Å². The third-order valence-corrected chi connectivity index (χ3v) is 4.11. The molecular weight excluding hydrogens is 267 g/mol. The van der Waals surface area contributed by atoms with Crippen LogP contribution in [-0.2, 0) is 12.0 Å². The molecule has 0 saturated heterocycles. The molecular formula is C18H19FO2. The van der Waals surface area contributed by atoms with Gasteiger partial charge < -0.3 is 9.84 Å². The molecule has 0 amide bonds. The Labute approximate surface area is 124 Å². The fourth-order valence-corrected chi connectivity index (χ4v) is 2.99. The van der Waals surface area contributed by atoms with Gasteiger partial charge in [0, 0.05) is 0 Å². The summed E-state index contributed by atoms with van der Waals surface area (Å²) in [5.74, 6) is 0.563. The summed E-state index contributed by atoms with van der Waals surface area (Å²) in [4.78, 5) is 0. The van der Waals surface area contributed by atoms with E-state index in [9.17, 15) is 9.50 Å². The Kier molecular flexibility index (Phi) is 3.68. The third-order valence-electron chi connectivity index (χ3n) is 4.11. The van der Waals surface area contributed by atoms with Crippen LogP contribution in [0.3, 0.4) is 0 Å². The van der Waals surface area contributed by atoms with Crippen molar-refractivity contribution in [2.24, 2.45) is 0 Å². The zero-order valence-corrected chi connectivity index (χ0v) is 12.1. The first-order chi connectivity index (χ1) is 10.1. The molecule has 21 heavy (non-hydrogen) atoms. The minimum atomic E-state index is -1.10. The molecule has 2 aromatic rings. The normalized spacial score (nSPS) is 20.3. The van der Waals surface area contributed by atoms with Gasteiger partial charge in [-0.3, -0.25) is 0 Å². The van der Waals surface area contributed by atoms with Crippen molar-refractivity contribution < 1.29 is 14.2 Å². The SMILES string of the molecule is CCCOc1ccc(C2(O)CCc3c(F)cccc32)cc1. The topological polar surface area (TPSA) is 29.5 Å². The van der Waals surface area contributed by atoms with Crippen molar-refractivity contribution >= 4 is 0 Å². The lowest BCUT2D eigenvalue weighted by atomic mass is 9.88. The fraction of sp³-hybridized carbons (Fsp3) is 0.333. The van der Waals surface area contributed by atoms with Crippen molar-refractivity contribution in [3.05, 3.63) is 65.0 Å². The van der Waals surface area contributed by atoms with Gasteiger partial charge in [-0.2, -0.15) is 0 Å². The molecule has 2 aromatic carbocycles. The van der Waals surface area contributed by atoms with E-state index in [1.807, 2.05) is 30.3 Å². The van der Waals surface area contributed by atoms with Crippen LogP contribution in [0.25, 0.3) is 0 Å². The Bertz CT molecular complexity index is 636. The van der Waals surface area contributed by atoms with E-state index in [0.717, 1.165) is 17.7 Å². The van der Waals surface area contributed by atoms with Crippen LogP contribution in [0.2, 0.25) is 0 Å². The Morgan fingerprint density at radius 1 is 1.19 bits per heavy atom. The molecule has 110 valence electrons. The summed E-state index contributed by atoms with van der Waals surface area (Å²) in [6.45, 7) is 2.73. The lowest BCUT2D eigenvalue weighted by Gasteiger charge is -2.25. The van der Waals surface area contributed by atoms with Crippen LogP contribution in [0.15, 0.2) is 42.5 Å². The van der Waals surface area contributed by atoms with Gasteiger partial charge >= 0.3 is 0 Å². The highest BCUT2D eigenvalue weighted by Gasteiger charge is 2.39. The molecule has 0 saturated carbocycles. The molecule has 1 aliphatic carbocycles. The predicted molar refractivity (Wildman–Crippen MR) is 79.9 cm³/mol. The van der Waals surface area contributed by atoms with Crippen LogP contribution in [-0.4, -0.2) is 11.7 Å². The monoisotopic (exact) mass is 286 g/mol. The lowest BCUT2D eigenvalue weighted by Crippen LogP contribution is -2.23. The van der Waals surface area contributed by atoms with E-state index < -0.39 is 5.60 Å². The summed E-state index contributed by atoms with van der Waals surface area (Å²) in [6, 6.07) is 12.4. The number of aliphatic hydroxyl groups is 1. The van der Waals surface area contributed by atoms with E-state index in [1.54, 1.807) is 6.07 Å². The number of benzene rings is 2. The first-order valence-electron chi connectivity index (χ1n) is 7.38. The van der Waals surface area contributed by atoms with Crippen molar-refractivity contribution in [3.8, 4) is 5.75 Å². The standard InChI is InChI=1S/C18H19FO2/c1-2-12-21-14-8-6-13(7-9-14)18(20)11-10-15-16(18)4-3-5-17(15)19/h3-9,20H,2,10-12H2,1H3. The second-order valence-electron chi connectivity index (χ2n) is 5.50. The molecule has 0 heterocycles. The van der Waals surface area contributed by atoms with Gasteiger partial charge in [0.05, 0.1) is 6.61 Å². The number of rotatable bonds is 4. The number of hydrogen-bond acceptors (Lipinski definition) is 2. The molecule has 1 atom stereocenters. The Morgan fingerprint density at radius 3 is 2.67 bits per heavy atom. The first-order valence-corrected chi connectivity index (χ1v) is 7.38. The van der Waals surface area contributed by atoms with Gasteiger partial charge in [-0.25, -0.2) is 4.39 Å². The van der Waals surface area contributed by atoms with E-state index in [4.69, 9.17) is 4.74 Å². The molecule has 0 bridgehead atoms. The zero-order chi connectivity index (χ0) is 14.9. The minimum Gasteiger partial charge on any atom is -0.494 e. The second-order valence-corrected chi connectivity index (χ2v) is 5.50. The number of hydrogen-bond donors (Lipinski definition) is 1. The van der Waals surface area contributed by atoms with Crippen LogP contribution >= 0.6 is 0 Å². The van der Waals surface area contributed by atoms with Gasteiger partial charge in [-0.05, 0) is 54.2 Å². The van der Waals surface area contributed by atoms with E-state index in [-0.39, 0.29) is 5.82 Å². The number of ether oxygens (including phenoxy) is 1.